The molecule has 0 amide bonds. The van der Waals surface area contributed by atoms with Crippen molar-refractivity contribution < 1.29 is 4.39 Å². The first kappa shape index (κ1) is 20.3. The van der Waals surface area contributed by atoms with Crippen LogP contribution in [-0.4, -0.2) is 16.5 Å². The average molecular weight is 398 g/mol. The molecule has 0 radical (unpaired) electrons. The van der Waals surface area contributed by atoms with E-state index in [-0.39, 0.29) is 24.3 Å². The number of halogens is 2. The zero-order valence-corrected chi connectivity index (χ0v) is 17.3. The number of nitrogens with zero attached hydrogens (tertiary/aromatic N) is 3. The van der Waals surface area contributed by atoms with Crippen molar-refractivity contribution in [3.63, 3.8) is 0 Å². The van der Waals surface area contributed by atoms with Gasteiger partial charge in [-0.3, -0.25) is 0 Å². The van der Waals surface area contributed by atoms with E-state index in [9.17, 15) is 4.39 Å². The predicted molar refractivity (Wildman–Crippen MR) is 114 cm³/mol. The lowest BCUT2D eigenvalue weighted by Crippen LogP contribution is -2.35. The molecule has 2 heterocycles. The summed E-state index contributed by atoms with van der Waals surface area (Å²) in [4.78, 5) is 12.0. The Morgan fingerprint density at radius 3 is 2.50 bits per heavy atom. The Morgan fingerprint density at radius 1 is 1.04 bits per heavy atom. The standard InChI is InChI=1S/C23H24FN3.ClH/c1-15-16(2)25-22(14-18-8-10-20(24)11-9-18)26-23(15)27-13-12-19-6-4-5-7-21(19)17(27)3;/h4-11,17H,12-14H2,1-3H3;1H/t17-;/m1./s1. The summed E-state index contributed by atoms with van der Waals surface area (Å²) in [5.74, 6) is 1.58. The van der Waals surface area contributed by atoms with Crippen LogP contribution in [0.1, 0.15) is 46.7 Å². The van der Waals surface area contributed by atoms with Crippen LogP contribution in [0.2, 0.25) is 0 Å². The van der Waals surface area contributed by atoms with Gasteiger partial charge in [0.15, 0.2) is 0 Å². The van der Waals surface area contributed by atoms with E-state index in [0.29, 0.717) is 6.42 Å². The normalized spacial score (nSPS) is 15.7. The quantitative estimate of drug-likeness (QED) is 0.595. The Hall–Kier alpha value is -2.46. The molecule has 0 saturated heterocycles. The van der Waals surface area contributed by atoms with Crippen LogP contribution in [0.5, 0.6) is 0 Å². The summed E-state index contributed by atoms with van der Waals surface area (Å²) in [6, 6.07) is 15.5. The van der Waals surface area contributed by atoms with Crippen LogP contribution in [-0.2, 0) is 12.8 Å². The molecule has 0 N–H and O–H groups in total. The largest absolute Gasteiger partial charge is 0.349 e. The minimum absolute atomic E-state index is 0. The highest BCUT2D eigenvalue weighted by Crippen LogP contribution is 2.34. The van der Waals surface area contributed by atoms with E-state index >= 15 is 0 Å². The minimum atomic E-state index is -0.221. The van der Waals surface area contributed by atoms with E-state index in [4.69, 9.17) is 4.98 Å². The van der Waals surface area contributed by atoms with E-state index in [2.05, 4.69) is 48.0 Å². The SMILES string of the molecule is Cc1nc(Cc2ccc(F)cc2)nc(N2CCc3ccccc3[C@H]2C)c1C.Cl. The third kappa shape index (κ3) is 3.88. The van der Waals surface area contributed by atoms with Gasteiger partial charge in [-0.15, -0.1) is 12.4 Å². The molecule has 1 aromatic heterocycles. The molecule has 1 atom stereocenters. The first-order valence-corrected chi connectivity index (χ1v) is 9.46. The Kier molecular flexibility index (Phi) is 5.99. The van der Waals surface area contributed by atoms with Crippen molar-refractivity contribution in [1.29, 1.82) is 0 Å². The van der Waals surface area contributed by atoms with Gasteiger partial charge in [0, 0.05) is 24.2 Å². The monoisotopic (exact) mass is 397 g/mol. The summed E-state index contributed by atoms with van der Waals surface area (Å²) in [6.45, 7) is 7.33. The van der Waals surface area contributed by atoms with Crippen LogP contribution in [0.4, 0.5) is 10.2 Å². The summed E-state index contributed by atoms with van der Waals surface area (Å²) in [7, 11) is 0. The van der Waals surface area contributed by atoms with Crippen LogP contribution in [0.25, 0.3) is 0 Å². The fraction of sp³-hybridized carbons (Fsp3) is 0.304. The molecule has 1 aliphatic rings. The number of fused-ring (bicyclic) bond motifs is 1. The third-order valence-electron chi connectivity index (χ3n) is 5.55. The molecular formula is C23H25ClFN3. The number of aryl methyl sites for hydroxylation is 1. The number of hydrogen-bond donors (Lipinski definition) is 0. The van der Waals surface area contributed by atoms with Gasteiger partial charge in [0.25, 0.3) is 0 Å². The molecule has 0 aliphatic carbocycles. The van der Waals surface area contributed by atoms with Crippen molar-refractivity contribution >= 4 is 18.2 Å². The van der Waals surface area contributed by atoms with Gasteiger partial charge in [-0.05, 0) is 56.0 Å². The molecule has 3 nitrogen and oxygen atoms in total. The van der Waals surface area contributed by atoms with Gasteiger partial charge in [-0.25, -0.2) is 14.4 Å². The number of aromatic nitrogens is 2. The average Bonchev–Trinajstić information content (AvgIpc) is 2.67. The van der Waals surface area contributed by atoms with Gasteiger partial charge < -0.3 is 4.90 Å². The number of anilines is 1. The summed E-state index contributed by atoms with van der Waals surface area (Å²) in [5.41, 5.74) is 5.95. The number of rotatable bonds is 3. The first-order chi connectivity index (χ1) is 13.0. The predicted octanol–water partition coefficient (Wildman–Crippen LogP) is 5.37. The van der Waals surface area contributed by atoms with Gasteiger partial charge in [0.1, 0.15) is 17.5 Å². The van der Waals surface area contributed by atoms with Crippen molar-refractivity contribution in [3.05, 3.63) is 88.1 Å². The van der Waals surface area contributed by atoms with Gasteiger partial charge in [0.2, 0.25) is 0 Å². The van der Waals surface area contributed by atoms with E-state index in [1.807, 2.05) is 6.92 Å². The summed E-state index contributed by atoms with van der Waals surface area (Å²) in [6.07, 6.45) is 1.63. The van der Waals surface area contributed by atoms with Crippen LogP contribution < -0.4 is 4.90 Å². The van der Waals surface area contributed by atoms with Crippen molar-refractivity contribution in [2.75, 3.05) is 11.4 Å². The smallest absolute Gasteiger partial charge is 0.136 e. The summed E-state index contributed by atoms with van der Waals surface area (Å²) >= 11 is 0. The lowest BCUT2D eigenvalue weighted by atomic mass is 9.93. The van der Waals surface area contributed by atoms with E-state index in [0.717, 1.165) is 41.4 Å². The molecule has 5 heteroatoms. The fourth-order valence-corrected chi connectivity index (χ4v) is 3.88. The van der Waals surface area contributed by atoms with E-state index < -0.39 is 0 Å². The first-order valence-electron chi connectivity index (χ1n) is 9.46. The zero-order chi connectivity index (χ0) is 19.0. The Morgan fingerprint density at radius 2 is 1.75 bits per heavy atom. The molecule has 0 spiro atoms. The second-order valence-electron chi connectivity index (χ2n) is 7.30. The number of benzene rings is 2. The van der Waals surface area contributed by atoms with E-state index in [1.54, 1.807) is 12.1 Å². The maximum absolute atomic E-state index is 13.2. The number of hydrogen-bond acceptors (Lipinski definition) is 3. The molecule has 3 aromatic rings. The lowest BCUT2D eigenvalue weighted by Gasteiger charge is -2.37. The molecule has 0 saturated carbocycles. The third-order valence-corrected chi connectivity index (χ3v) is 5.55. The zero-order valence-electron chi connectivity index (χ0n) is 16.4. The highest BCUT2D eigenvalue weighted by molar-refractivity contribution is 5.85. The van der Waals surface area contributed by atoms with Crippen LogP contribution in [0.15, 0.2) is 48.5 Å². The van der Waals surface area contributed by atoms with Crippen LogP contribution >= 0.6 is 12.4 Å². The minimum Gasteiger partial charge on any atom is -0.349 e. The van der Waals surface area contributed by atoms with Crippen molar-refractivity contribution in [3.8, 4) is 0 Å². The molecule has 4 rings (SSSR count). The second-order valence-corrected chi connectivity index (χ2v) is 7.30. The van der Waals surface area contributed by atoms with Gasteiger partial charge in [0.05, 0.1) is 6.04 Å². The Balaban J connectivity index is 0.00000225. The Bertz CT molecular complexity index is 972. The molecule has 0 bridgehead atoms. The van der Waals surface area contributed by atoms with E-state index in [1.165, 1.54) is 23.3 Å². The van der Waals surface area contributed by atoms with Gasteiger partial charge in [-0.1, -0.05) is 36.4 Å². The molecule has 0 unspecified atom stereocenters. The summed E-state index contributed by atoms with van der Waals surface area (Å²) < 4.78 is 13.2. The molecule has 146 valence electrons. The lowest BCUT2D eigenvalue weighted by molar-refractivity contribution is 0.611. The molecule has 1 aliphatic heterocycles. The van der Waals surface area contributed by atoms with Crippen molar-refractivity contribution in [1.82, 2.24) is 9.97 Å². The van der Waals surface area contributed by atoms with Crippen molar-refractivity contribution in [2.24, 2.45) is 0 Å². The van der Waals surface area contributed by atoms with Crippen LogP contribution in [0, 0.1) is 19.7 Å². The van der Waals surface area contributed by atoms with Gasteiger partial charge >= 0.3 is 0 Å². The van der Waals surface area contributed by atoms with Gasteiger partial charge in [-0.2, -0.15) is 0 Å². The molecule has 0 fully saturated rings. The Labute approximate surface area is 172 Å². The molecule has 2 aromatic carbocycles. The maximum atomic E-state index is 13.2. The molecule has 28 heavy (non-hydrogen) atoms. The second kappa shape index (κ2) is 8.27. The summed E-state index contributed by atoms with van der Waals surface area (Å²) in [5, 5.41) is 0. The fourth-order valence-electron chi connectivity index (χ4n) is 3.88. The highest BCUT2D eigenvalue weighted by Gasteiger charge is 2.26. The molecular weight excluding hydrogens is 373 g/mol. The topological polar surface area (TPSA) is 29.0 Å². The maximum Gasteiger partial charge on any atom is 0.136 e. The van der Waals surface area contributed by atoms with Crippen LogP contribution in [0.3, 0.4) is 0 Å². The van der Waals surface area contributed by atoms with Crippen molar-refractivity contribution in [2.45, 2.75) is 39.7 Å². The highest BCUT2D eigenvalue weighted by atomic mass is 35.5.